The number of hydrogen-bond donors (Lipinski definition) is 3. The topological polar surface area (TPSA) is 64.6 Å². The first-order valence-electron chi connectivity index (χ1n) is 5.84. The van der Waals surface area contributed by atoms with Crippen molar-refractivity contribution in [3.8, 4) is 0 Å². The highest BCUT2D eigenvalue weighted by molar-refractivity contribution is 5.91. The average Bonchev–Trinajstić information content (AvgIpc) is 2.26. The molecule has 5 heteroatoms. The van der Waals surface area contributed by atoms with Crippen molar-refractivity contribution >= 4 is 17.3 Å². The molecule has 1 aromatic carbocycles. The molecule has 3 N–H and O–H groups in total. The Kier molecular flexibility index (Phi) is 2.40. The first kappa shape index (κ1) is 10.4. The smallest absolute Gasteiger partial charge is 0.335 e. The van der Waals surface area contributed by atoms with E-state index in [2.05, 4.69) is 15.5 Å². The van der Waals surface area contributed by atoms with Crippen LogP contribution in [0, 0.1) is 0 Å². The lowest BCUT2D eigenvalue weighted by atomic mass is 10.1. The van der Waals surface area contributed by atoms with Gasteiger partial charge in [0, 0.05) is 26.2 Å². The molecule has 0 bridgehead atoms. The lowest BCUT2D eigenvalue weighted by Crippen LogP contribution is -2.59. The largest absolute Gasteiger partial charge is 0.478 e. The van der Waals surface area contributed by atoms with Crippen LogP contribution in [0.5, 0.6) is 0 Å². The van der Waals surface area contributed by atoms with Gasteiger partial charge in [0.2, 0.25) is 0 Å². The minimum atomic E-state index is -0.878. The molecule has 2 aliphatic rings. The van der Waals surface area contributed by atoms with Gasteiger partial charge in [-0.05, 0) is 18.2 Å². The molecular formula is C12H15N3O2. The Labute approximate surface area is 99.4 Å². The van der Waals surface area contributed by atoms with Crippen molar-refractivity contribution in [2.24, 2.45) is 0 Å². The van der Waals surface area contributed by atoms with Gasteiger partial charge >= 0.3 is 5.97 Å². The van der Waals surface area contributed by atoms with Crippen LogP contribution in [0.25, 0.3) is 0 Å². The van der Waals surface area contributed by atoms with Crippen molar-refractivity contribution in [3.05, 3.63) is 23.8 Å². The number of rotatable bonds is 2. The normalized spacial score (nSPS) is 19.2. The van der Waals surface area contributed by atoms with Crippen molar-refractivity contribution in [2.75, 3.05) is 36.4 Å². The summed E-state index contributed by atoms with van der Waals surface area (Å²) in [6.07, 6.45) is 0. The van der Waals surface area contributed by atoms with Gasteiger partial charge in [-0.15, -0.1) is 0 Å². The van der Waals surface area contributed by atoms with Gasteiger partial charge in [-0.1, -0.05) is 0 Å². The van der Waals surface area contributed by atoms with Gasteiger partial charge in [0.05, 0.1) is 23.0 Å². The van der Waals surface area contributed by atoms with Gasteiger partial charge in [-0.25, -0.2) is 4.79 Å². The zero-order chi connectivity index (χ0) is 11.8. The molecule has 2 aliphatic heterocycles. The number of nitrogens with one attached hydrogen (secondary N) is 2. The predicted molar refractivity (Wildman–Crippen MR) is 65.9 cm³/mol. The summed E-state index contributed by atoms with van der Waals surface area (Å²) in [7, 11) is 0. The third-order valence-electron chi connectivity index (χ3n) is 3.42. The molecule has 0 aliphatic carbocycles. The molecule has 2 heterocycles. The molecule has 17 heavy (non-hydrogen) atoms. The Hall–Kier alpha value is -1.75. The number of anilines is 2. The predicted octanol–water partition coefficient (Wildman–Crippen LogP) is 0.588. The number of benzene rings is 1. The monoisotopic (exact) mass is 233 g/mol. The van der Waals surface area contributed by atoms with E-state index in [9.17, 15) is 4.79 Å². The molecule has 0 atom stereocenters. The minimum absolute atomic E-state index is 0.338. The van der Waals surface area contributed by atoms with Crippen molar-refractivity contribution in [1.29, 1.82) is 0 Å². The fraction of sp³-hybridized carbons (Fsp3) is 0.417. The molecule has 5 nitrogen and oxygen atoms in total. The van der Waals surface area contributed by atoms with E-state index in [1.165, 1.54) is 0 Å². The van der Waals surface area contributed by atoms with Crippen LogP contribution in [0.15, 0.2) is 18.2 Å². The number of carbonyl (C=O) groups is 1. The zero-order valence-electron chi connectivity index (χ0n) is 9.44. The molecule has 0 unspecified atom stereocenters. The first-order valence-corrected chi connectivity index (χ1v) is 5.84. The summed E-state index contributed by atoms with van der Waals surface area (Å²) in [6.45, 7) is 3.87. The van der Waals surface area contributed by atoms with E-state index < -0.39 is 5.97 Å². The summed E-state index contributed by atoms with van der Waals surface area (Å²) in [6, 6.07) is 5.85. The second kappa shape index (κ2) is 3.92. The third-order valence-corrected chi connectivity index (χ3v) is 3.42. The van der Waals surface area contributed by atoms with Crippen LogP contribution in [-0.4, -0.2) is 43.3 Å². The molecule has 0 aromatic heterocycles. The molecule has 1 aromatic rings. The summed E-state index contributed by atoms with van der Waals surface area (Å²) in [5, 5.41) is 15.5. The van der Waals surface area contributed by atoms with Gasteiger partial charge in [0.15, 0.2) is 0 Å². The molecule has 1 fully saturated rings. The zero-order valence-corrected chi connectivity index (χ0v) is 9.44. The Morgan fingerprint density at radius 1 is 1.41 bits per heavy atom. The second-order valence-corrected chi connectivity index (χ2v) is 4.47. The Balaban J connectivity index is 1.94. The molecule has 1 saturated heterocycles. The third kappa shape index (κ3) is 1.72. The highest BCUT2D eigenvalue weighted by atomic mass is 16.4. The van der Waals surface area contributed by atoms with Crippen molar-refractivity contribution in [2.45, 2.75) is 6.04 Å². The number of carboxylic acid groups (broad SMARTS) is 1. The van der Waals surface area contributed by atoms with Gasteiger partial charge in [-0.2, -0.15) is 0 Å². The average molecular weight is 233 g/mol. The number of carboxylic acids is 1. The SMILES string of the molecule is O=C(O)c1ccc2c(c1)NCCN2C1CNC1. The molecule has 0 saturated carbocycles. The summed E-state index contributed by atoms with van der Waals surface area (Å²) < 4.78 is 0. The maximum absolute atomic E-state index is 10.9. The van der Waals surface area contributed by atoms with Crippen molar-refractivity contribution in [1.82, 2.24) is 5.32 Å². The summed E-state index contributed by atoms with van der Waals surface area (Å²) in [4.78, 5) is 13.3. The number of fused-ring (bicyclic) bond motifs is 1. The quantitative estimate of drug-likeness (QED) is 0.697. The van der Waals surface area contributed by atoms with Crippen molar-refractivity contribution in [3.63, 3.8) is 0 Å². The van der Waals surface area contributed by atoms with Crippen LogP contribution in [0.4, 0.5) is 11.4 Å². The minimum Gasteiger partial charge on any atom is -0.478 e. The Morgan fingerprint density at radius 2 is 2.24 bits per heavy atom. The Morgan fingerprint density at radius 3 is 2.88 bits per heavy atom. The van der Waals surface area contributed by atoms with Gasteiger partial charge in [-0.3, -0.25) is 0 Å². The highest BCUT2D eigenvalue weighted by Gasteiger charge is 2.28. The maximum atomic E-state index is 10.9. The van der Waals surface area contributed by atoms with Crippen LogP contribution in [-0.2, 0) is 0 Å². The van der Waals surface area contributed by atoms with Crippen LogP contribution < -0.4 is 15.5 Å². The van der Waals surface area contributed by atoms with E-state index in [0.29, 0.717) is 11.6 Å². The van der Waals surface area contributed by atoms with Crippen LogP contribution in [0.3, 0.4) is 0 Å². The van der Waals surface area contributed by atoms with Gasteiger partial charge in [0.1, 0.15) is 0 Å². The molecule has 0 radical (unpaired) electrons. The van der Waals surface area contributed by atoms with Crippen LogP contribution >= 0.6 is 0 Å². The van der Waals surface area contributed by atoms with E-state index >= 15 is 0 Å². The highest BCUT2D eigenvalue weighted by Crippen LogP contribution is 2.32. The van der Waals surface area contributed by atoms with Crippen LogP contribution in [0.2, 0.25) is 0 Å². The molecule has 3 rings (SSSR count). The van der Waals surface area contributed by atoms with Gasteiger partial charge < -0.3 is 20.6 Å². The standard InChI is InChI=1S/C12H15N3O2/c16-12(17)8-1-2-11-10(5-8)14-3-4-15(11)9-6-13-7-9/h1-2,5,9,13-14H,3-4,6-7H2,(H,16,17). The number of nitrogens with zero attached hydrogens (tertiary/aromatic N) is 1. The summed E-state index contributed by atoms with van der Waals surface area (Å²) in [5.74, 6) is -0.878. The number of aromatic carboxylic acids is 1. The summed E-state index contributed by atoms with van der Waals surface area (Å²) in [5.41, 5.74) is 2.39. The Bertz CT molecular complexity index is 457. The van der Waals surface area contributed by atoms with E-state index in [0.717, 1.165) is 37.6 Å². The maximum Gasteiger partial charge on any atom is 0.335 e. The fourth-order valence-corrected chi connectivity index (χ4v) is 2.37. The van der Waals surface area contributed by atoms with Crippen LogP contribution in [0.1, 0.15) is 10.4 Å². The molecule has 0 amide bonds. The first-order chi connectivity index (χ1) is 8.25. The molecular weight excluding hydrogens is 218 g/mol. The van der Waals surface area contributed by atoms with E-state index in [1.807, 2.05) is 6.07 Å². The lowest BCUT2D eigenvalue weighted by molar-refractivity contribution is 0.0697. The summed E-state index contributed by atoms with van der Waals surface area (Å²) >= 11 is 0. The van der Waals surface area contributed by atoms with E-state index in [1.54, 1.807) is 12.1 Å². The molecule has 90 valence electrons. The lowest BCUT2D eigenvalue weighted by Gasteiger charge is -2.43. The van der Waals surface area contributed by atoms with Crippen molar-refractivity contribution < 1.29 is 9.90 Å². The molecule has 0 spiro atoms. The van der Waals surface area contributed by atoms with E-state index in [4.69, 9.17) is 5.11 Å². The second-order valence-electron chi connectivity index (χ2n) is 4.47. The fourth-order valence-electron chi connectivity index (χ4n) is 2.37. The van der Waals surface area contributed by atoms with E-state index in [-0.39, 0.29) is 0 Å². The number of hydrogen-bond acceptors (Lipinski definition) is 4. The van der Waals surface area contributed by atoms with Gasteiger partial charge in [0.25, 0.3) is 0 Å².